The van der Waals surface area contributed by atoms with Crippen LogP contribution in [0.4, 0.5) is 11.4 Å². The van der Waals surface area contributed by atoms with Crippen LogP contribution in [0.2, 0.25) is 0 Å². The zero-order chi connectivity index (χ0) is 14.5. The van der Waals surface area contributed by atoms with E-state index in [1.807, 2.05) is 25.1 Å². The van der Waals surface area contributed by atoms with E-state index in [1.165, 1.54) is 0 Å². The molecule has 102 valence electrons. The molecule has 0 aliphatic carbocycles. The summed E-state index contributed by atoms with van der Waals surface area (Å²) in [7, 11) is 0. The monoisotopic (exact) mass is 285 g/mol. The van der Waals surface area contributed by atoms with Gasteiger partial charge in [0.2, 0.25) is 0 Å². The van der Waals surface area contributed by atoms with Crippen LogP contribution in [-0.4, -0.2) is 11.0 Å². The Labute approximate surface area is 123 Å². The number of nitrogens with one attached hydrogen (secondary N) is 2. The van der Waals surface area contributed by atoms with E-state index in [1.54, 1.807) is 30.3 Å². The van der Waals surface area contributed by atoms with Crippen molar-refractivity contribution in [2.75, 3.05) is 11.1 Å². The summed E-state index contributed by atoms with van der Waals surface area (Å²) < 4.78 is 0. The van der Waals surface area contributed by atoms with Crippen molar-refractivity contribution in [2.24, 2.45) is 0 Å². The maximum atomic E-state index is 11.9. The lowest BCUT2D eigenvalue weighted by Gasteiger charge is -2.12. The SMILES string of the molecule is Cc1ccc(N)c(NC(=S)NC(=O)c2ccccc2)c1. The first-order valence-electron chi connectivity index (χ1n) is 6.10. The molecule has 2 aromatic carbocycles. The van der Waals surface area contributed by atoms with Gasteiger partial charge in [-0.25, -0.2) is 0 Å². The van der Waals surface area contributed by atoms with E-state index in [0.717, 1.165) is 5.56 Å². The van der Waals surface area contributed by atoms with Crippen molar-refractivity contribution < 1.29 is 4.79 Å². The maximum Gasteiger partial charge on any atom is 0.257 e. The van der Waals surface area contributed by atoms with Crippen LogP contribution in [0.15, 0.2) is 48.5 Å². The Morgan fingerprint density at radius 3 is 2.55 bits per heavy atom. The zero-order valence-electron chi connectivity index (χ0n) is 11.0. The van der Waals surface area contributed by atoms with Crippen molar-refractivity contribution in [3.05, 3.63) is 59.7 Å². The topological polar surface area (TPSA) is 67.2 Å². The van der Waals surface area contributed by atoms with Crippen molar-refractivity contribution >= 4 is 34.6 Å². The molecular formula is C15H15N3OS. The minimum Gasteiger partial charge on any atom is -0.397 e. The van der Waals surface area contributed by atoms with Crippen LogP contribution >= 0.6 is 12.2 Å². The van der Waals surface area contributed by atoms with Gasteiger partial charge >= 0.3 is 0 Å². The predicted molar refractivity (Wildman–Crippen MR) is 85.7 cm³/mol. The maximum absolute atomic E-state index is 11.9. The van der Waals surface area contributed by atoms with Gasteiger partial charge in [0.25, 0.3) is 5.91 Å². The van der Waals surface area contributed by atoms with E-state index in [9.17, 15) is 4.79 Å². The van der Waals surface area contributed by atoms with Crippen molar-refractivity contribution in [3.63, 3.8) is 0 Å². The number of thiocarbonyl (C=S) groups is 1. The third kappa shape index (κ3) is 3.55. The molecule has 0 unspecified atom stereocenters. The van der Waals surface area contributed by atoms with Crippen LogP contribution in [0, 0.1) is 6.92 Å². The molecule has 0 radical (unpaired) electrons. The third-order valence-corrected chi connectivity index (χ3v) is 2.92. The van der Waals surface area contributed by atoms with Crippen LogP contribution in [0.3, 0.4) is 0 Å². The van der Waals surface area contributed by atoms with E-state index < -0.39 is 0 Å². The molecule has 2 aromatic rings. The van der Waals surface area contributed by atoms with E-state index in [0.29, 0.717) is 16.9 Å². The first-order chi connectivity index (χ1) is 9.56. The molecule has 0 aliphatic rings. The Kier molecular flexibility index (Phi) is 4.32. The Morgan fingerprint density at radius 2 is 1.85 bits per heavy atom. The van der Waals surface area contributed by atoms with Gasteiger partial charge in [-0.05, 0) is 49.0 Å². The number of hydrogen-bond donors (Lipinski definition) is 3. The quantitative estimate of drug-likeness (QED) is 0.586. The summed E-state index contributed by atoms with van der Waals surface area (Å²) in [5, 5.41) is 5.76. The van der Waals surface area contributed by atoms with Crippen LogP contribution in [-0.2, 0) is 0 Å². The number of hydrogen-bond acceptors (Lipinski definition) is 3. The highest BCUT2D eigenvalue weighted by Crippen LogP contribution is 2.19. The Balaban J connectivity index is 2.03. The van der Waals surface area contributed by atoms with Crippen molar-refractivity contribution in [1.29, 1.82) is 0 Å². The molecule has 0 saturated heterocycles. The van der Waals surface area contributed by atoms with Gasteiger partial charge in [0, 0.05) is 5.56 Å². The summed E-state index contributed by atoms with van der Waals surface area (Å²) in [5.41, 5.74) is 8.71. The van der Waals surface area contributed by atoms with E-state index in [4.69, 9.17) is 18.0 Å². The molecule has 20 heavy (non-hydrogen) atoms. The minimum atomic E-state index is -0.255. The molecule has 1 amide bonds. The molecule has 0 saturated carbocycles. The molecule has 0 atom stereocenters. The fourth-order valence-electron chi connectivity index (χ4n) is 1.70. The van der Waals surface area contributed by atoms with Gasteiger partial charge < -0.3 is 11.1 Å². The molecule has 0 spiro atoms. The lowest BCUT2D eigenvalue weighted by Crippen LogP contribution is -2.34. The summed E-state index contributed by atoms with van der Waals surface area (Å²) in [5.74, 6) is -0.255. The van der Waals surface area contributed by atoms with E-state index in [2.05, 4.69) is 10.6 Å². The highest BCUT2D eigenvalue weighted by atomic mass is 32.1. The summed E-state index contributed by atoms with van der Waals surface area (Å²) in [6, 6.07) is 14.5. The first-order valence-corrected chi connectivity index (χ1v) is 6.50. The van der Waals surface area contributed by atoms with E-state index in [-0.39, 0.29) is 11.0 Å². The summed E-state index contributed by atoms with van der Waals surface area (Å²) >= 11 is 5.12. The lowest BCUT2D eigenvalue weighted by molar-refractivity contribution is 0.0978. The van der Waals surface area contributed by atoms with Crippen molar-refractivity contribution in [3.8, 4) is 0 Å². The number of carbonyl (C=O) groups excluding carboxylic acids is 1. The molecule has 2 rings (SSSR count). The van der Waals surface area contributed by atoms with Gasteiger partial charge in [-0.2, -0.15) is 0 Å². The molecule has 0 aliphatic heterocycles. The zero-order valence-corrected chi connectivity index (χ0v) is 11.8. The van der Waals surface area contributed by atoms with Gasteiger partial charge in [-0.15, -0.1) is 0 Å². The fourth-order valence-corrected chi connectivity index (χ4v) is 1.90. The number of anilines is 2. The largest absolute Gasteiger partial charge is 0.397 e. The molecular weight excluding hydrogens is 270 g/mol. The van der Waals surface area contributed by atoms with Crippen LogP contribution < -0.4 is 16.4 Å². The molecule has 4 nitrogen and oxygen atoms in total. The van der Waals surface area contributed by atoms with Gasteiger partial charge in [-0.3, -0.25) is 10.1 Å². The predicted octanol–water partition coefficient (Wildman–Crippen LogP) is 2.70. The average molecular weight is 285 g/mol. The highest BCUT2D eigenvalue weighted by molar-refractivity contribution is 7.80. The number of aryl methyl sites for hydroxylation is 1. The number of nitrogens with two attached hydrogens (primary N) is 1. The van der Waals surface area contributed by atoms with Crippen LogP contribution in [0.5, 0.6) is 0 Å². The van der Waals surface area contributed by atoms with Gasteiger partial charge in [0.15, 0.2) is 5.11 Å². The number of carbonyl (C=O) groups is 1. The number of rotatable bonds is 2. The van der Waals surface area contributed by atoms with Crippen molar-refractivity contribution in [2.45, 2.75) is 6.92 Å². The number of amides is 1. The molecule has 5 heteroatoms. The Bertz CT molecular complexity index is 641. The summed E-state index contributed by atoms with van der Waals surface area (Å²) in [4.78, 5) is 11.9. The van der Waals surface area contributed by atoms with Gasteiger partial charge in [0.1, 0.15) is 0 Å². The summed E-state index contributed by atoms with van der Waals surface area (Å²) in [6.07, 6.45) is 0. The van der Waals surface area contributed by atoms with Crippen LogP contribution in [0.1, 0.15) is 15.9 Å². The lowest BCUT2D eigenvalue weighted by atomic mass is 10.2. The third-order valence-electron chi connectivity index (χ3n) is 2.72. The molecule has 0 bridgehead atoms. The second kappa shape index (κ2) is 6.16. The normalized spacial score (nSPS) is 9.85. The second-order valence-corrected chi connectivity index (χ2v) is 4.77. The van der Waals surface area contributed by atoms with E-state index >= 15 is 0 Å². The number of benzene rings is 2. The molecule has 0 fully saturated rings. The standard InChI is InChI=1S/C15H15N3OS/c1-10-7-8-12(16)13(9-10)17-15(20)18-14(19)11-5-3-2-4-6-11/h2-9H,16H2,1H3,(H2,17,18,19,20). The molecule has 4 N–H and O–H groups in total. The Morgan fingerprint density at radius 1 is 1.15 bits per heavy atom. The molecule has 0 heterocycles. The second-order valence-electron chi connectivity index (χ2n) is 4.36. The van der Waals surface area contributed by atoms with Gasteiger partial charge in [0.05, 0.1) is 11.4 Å². The first kappa shape index (κ1) is 14.0. The highest BCUT2D eigenvalue weighted by Gasteiger charge is 2.08. The summed E-state index contributed by atoms with van der Waals surface area (Å²) in [6.45, 7) is 1.95. The molecule has 0 aromatic heterocycles. The fraction of sp³-hybridized carbons (Fsp3) is 0.0667. The Hall–Kier alpha value is -2.40. The minimum absolute atomic E-state index is 0.219. The van der Waals surface area contributed by atoms with Crippen LogP contribution in [0.25, 0.3) is 0 Å². The number of nitrogen functional groups attached to an aromatic ring is 1. The average Bonchev–Trinajstić information content (AvgIpc) is 2.43. The van der Waals surface area contributed by atoms with Gasteiger partial charge in [-0.1, -0.05) is 24.3 Å². The smallest absolute Gasteiger partial charge is 0.257 e. The van der Waals surface area contributed by atoms with Crippen molar-refractivity contribution in [1.82, 2.24) is 5.32 Å².